The maximum absolute atomic E-state index is 12.8. The van der Waals surface area contributed by atoms with Crippen LogP contribution in [0.5, 0.6) is 0 Å². The number of rotatable bonds is 6. The van der Waals surface area contributed by atoms with E-state index in [1.54, 1.807) is 0 Å². The monoisotopic (exact) mass is 330 g/mol. The zero-order valence-corrected chi connectivity index (χ0v) is 14.9. The molecule has 2 aliphatic rings. The summed E-state index contributed by atoms with van der Waals surface area (Å²) in [6, 6.07) is 9.97. The number of carbonyl (C=O) groups is 1. The third-order valence-corrected chi connectivity index (χ3v) is 6.13. The molecule has 2 fully saturated rings. The van der Waals surface area contributed by atoms with Gasteiger partial charge in [0.1, 0.15) is 0 Å². The predicted molar refractivity (Wildman–Crippen MR) is 95.5 cm³/mol. The van der Waals surface area contributed by atoms with Gasteiger partial charge < -0.3 is 15.4 Å². The van der Waals surface area contributed by atoms with E-state index in [1.165, 1.54) is 25.7 Å². The van der Waals surface area contributed by atoms with Gasteiger partial charge in [-0.25, -0.2) is 0 Å². The highest BCUT2D eigenvalue weighted by Crippen LogP contribution is 2.56. The second-order valence-electron chi connectivity index (χ2n) is 7.36. The van der Waals surface area contributed by atoms with Gasteiger partial charge in [0.25, 0.3) is 0 Å². The lowest BCUT2D eigenvalue weighted by atomic mass is 9.60. The van der Waals surface area contributed by atoms with Crippen molar-refractivity contribution < 1.29 is 9.53 Å². The van der Waals surface area contributed by atoms with Crippen LogP contribution in [0.3, 0.4) is 0 Å². The molecular weight excluding hydrogens is 300 g/mol. The van der Waals surface area contributed by atoms with E-state index in [2.05, 4.69) is 6.92 Å². The molecule has 0 aliphatic heterocycles. The van der Waals surface area contributed by atoms with Gasteiger partial charge in [-0.05, 0) is 31.7 Å². The third-order valence-electron chi connectivity index (χ3n) is 6.13. The largest absolute Gasteiger partial charge is 0.378 e. The van der Waals surface area contributed by atoms with E-state index in [0.29, 0.717) is 18.6 Å². The van der Waals surface area contributed by atoms with Crippen LogP contribution >= 0.6 is 0 Å². The van der Waals surface area contributed by atoms with Crippen LogP contribution in [0.1, 0.15) is 57.1 Å². The van der Waals surface area contributed by atoms with Crippen molar-refractivity contribution >= 4 is 5.91 Å². The minimum absolute atomic E-state index is 0.151. The van der Waals surface area contributed by atoms with E-state index < -0.39 is 0 Å². The SMILES string of the molecule is CCOC1CC(N(C)C(=O)CC(N)c2ccccc2)C12CCCC2. The summed E-state index contributed by atoms with van der Waals surface area (Å²) in [6.07, 6.45) is 6.54. The van der Waals surface area contributed by atoms with Crippen LogP contribution in [0.25, 0.3) is 0 Å². The van der Waals surface area contributed by atoms with E-state index in [4.69, 9.17) is 10.5 Å². The Kier molecular flexibility index (Phi) is 5.26. The maximum Gasteiger partial charge on any atom is 0.224 e. The first-order chi connectivity index (χ1) is 11.6. The summed E-state index contributed by atoms with van der Waals surface area (Å²) in [6.45, 7) is 2.82. The Morgan fingerprint density at radius 3 is 2.62 bits per heavy atom. The van der Waals surface area contributed by atoms with Crippen molar-refractivity contribution in [1.82, 2.24) is 4.90 Å². The zero-order chi connectivity index (χ0) is 17.2. The van der Waals surface area contributed by atoms with Crippen molar-refractivity contribution in [3.05, 3.63) is 35.9 Å². The fourth-order valence-corrected chi connectivity index (χ4v) is 4.72. The van der Waals surface area contributed by atoms with Crippen LogP contribution in [0, 0.1) is 5.41 Å². The minimum Gasteiger partial charge on any atom is -0.378 e. The number of hydrogen-bond acceptors (Lipinski definition) is 3. The summed E-state index contributed by atoms with van der Waals surface area (Å²) < 4.78 is 5.96. The molecule has 0 radical (unpaired) electrons. The Morgan fingerprint density at radius 1 is 1.33 bits per heavy atom. The zero-order valence-electron chi connectivity index (χ0n) is 14.9. The van der Waals surface area contributed by atoms with E-state index in [0.717, 1.165) is 18.6 Å². The van der Waals surface area contributed by atoms with E-state index in [9.17, 15) is 4.79 Å². The molecule has 4 nitrogen and oxygen atoms in total. The molecule has 3 atom stereocenters. The van der Waals surface area contributed by atoms with Crippen LogP contribution in [-0.4, -0.2) is 36.6 Å². The molecular formula is C20H30N2O2. The van der Waals surface area contributed by atoms with Crippen LogP contribution in [0.4, 0.5) is 0 Å². The maximum atomic E-state index is 12.8. The van der Waals surface area contributed by atoms with Crippen LogP contribution in [-0.2, 0) is 9.53 Å². The molecule has 1 aromatic rings. The molecule has 0 aromatic heterocycles. The van der Waals surface area contributed by atoms with Gasteiger partial charge in [-0.15, -0.1) is 0 Å². The highest BCUT2D eigenvalue weighted by Gasteiger charge is 2.58. The molecule has 3 unspecified atom stereocenters. The van der Waals surface area contributed by atoms with Crippen molar-refractivity contribution in [2.75, 3.05) is 13.7 Å². The van der Waals surface area contributed by atoms with E-state index >= 15 is 0 Å². The second-order valence-corrected chi connectivity index (χ2v) is 7.36. The Labute approximate surface area is 145 Å². The lowest BCUT2D eigenvalue weighted by Crippen LogP contribution is -2.64. The van der Waals surface area contributed by atoms with Crippen molar-refractivity contribution in [3.8, 4) is 0 Å². The number of ether oxygens (including phenoxy) is 1. The van der Waals surface area contributed by atoms with E-state index in [1.807, 2.05) is 42.3 Å². The first-order valence-electron chi connectivity index (χ1n) is 9.26. The topological polar surface area (TPSA) is 55.6 Å². The quantitative estimate of drug-likeness (QED) is 0.871. The van der Waals surface area contributed by atoms with Crippen molar-refractivity contribution in [2.24, 2.45) is 11.1 Å². The second kappa shape index (κ2) is 7.24. The summed E-state index contributed by atoms with van der Waals surface area (Å²) in [5.74, 6) is 0.151. The Morgan fingerprint density at radius 2 is 2.00 bits per heavy atom. The molecule has 2 N–H and O–H groups in total. The lowest BCUT2D eigenvalue weighted by molar-refractivity contribution is -0.172. The van der Waals surface area contributed by atoms with Crippen molar-refractivity contribution in [2.45, 2.75) is 63.6 Å². The Balaban J connectivity index is 1.63. The van der Waals surface area contributed by atoms with Crippen molar-refractivity contribution in [3.63, 3.8) is 0 Å². The van der Waals surface area contributed by atoms with Crippen LogP contribution in [0.15, 0.2) is 30.3 Å². The van der Waals surface area contributed by atoms with Gasteiger partial charge in [-0.2, -0.15) is 0 Å². The highest BCUT2D eigenvalue weighted by molar-refractivity contribution is 5.77. The number of hydrogen-bond donors (Lipinski definition) is 1. The standard InChI is InChI=1S/C20H30N2O2/c1-3-24-18-14-17(20(18)11-7-8-12-20)22(2)19(23)13-16(21)15-9-5-4-6-10-15/h4-6,9-10,16-18H,3,7-8,11-14,21H2,1-2H3. The number of amides is 1. The lowest BCUT2D eigenvalue weighted by Gasteiger charge is -2.57. The normalized spacial score (nSPS) is 26.1. The average Bonchev–Trinajstić information content (AvgIpc) is 3.11. The molecule has 3 rings (SSSR count). The smallest absolute Gasteiger partial charge is 0.224 e. The molecule has 2 aliphatic carbocycles. The third kappa shape index (κ3) is 3.09. The molecule has 0 bridgehead atoms. The van der Waals surface area contributed by atoms with Gasteiger partial charge in [0, 0.05) is 37.6 Å². The summed E-state index contributed by atoms with van der Waals surface area (Å²) in [4.78, 5) is 14.7. The fourth-order valence-electron chi connectivity index (χ4n) is 4.72. The fraction of sp³-hybridized carbons (Fsp3) is 0.650. The van der Waals surface area contributed by atoms with Gasteiger partial charge in [0.05, 0.1) is 6.10 Å². The summed E-state index contributed by atoms with van der Waals surface area (Å²) in [5, 5.41) is 0. The van der Waals surface area contributed by atoms with Gasteiger partial charge in [-0.3, -0.25) is 4.79 Å². The minimum atomic E-state index is -0.233. The molecule has 2 saturated carbocycles. The summed E-state index contributed by atoms with van der Waals surface area (Å²) in [5.41, 5.74) is 7.46. The highest BCUT2D eigenvalue weighted by atomic mass is 16.5. The van der Waals surface area contributed by atoms with Gasteiger partial charge in [-0.1, -0.05) is 43.2 Å². The Hall–Kier alpha value is -1.39. The van der Waals surface area contributed by atoms with Crippen LogP contribution in [0.2, 0.25) is 0 Å². The molecule has 1 aromatic carbocycles. The number of nitrogens with two attached hydrogens (primary N) is 1. The molecule has 1 spiro atoms. The number of nitrogens with zero attached hydrogens (tertiary/aromatic N) is 1. The molecule has 24 heavy (non-hydrogen) atoms. The molecule has 4 heteroatoms. The molecule has 132 valence electrons. The molecule has 0 heterocycles. The van der Waals surface area contributed by atoms with E-state index in [-0.39, 0.29) is 17.4 Å². The molecule has 1 amide bonds. The van der Waals surface area contributed by atoms with Gasteiger partial charge >= 0.3 is 0 Å². The van der Waals surface area contributed by atoms with Crippen molar-refractivity contribution in [1.29, 1.82) is 0 Å². The first-order valence-corrected chi connectivity index (χ1v) is 9.26. The molecule has 0 saturated heterocycles. The Bertz CT molecular complexity index is 554. The van der Waals surface area contributed by atoms with Crippen LogP contribution < -0.4 is 5.73 Å². The summed E-state index contributed by atoms with van der Waals surface area (Å²) in [7, 11) is 1.95. The van der Waals surface area contributed by atoms with Gasteiger partial charge in [0.15, 0.2) is 0 Å². The van der Waals surface area contributed by atoms with Gasteiger partial charge in [0.2, 0.25) is 5.91 Å². The first kappa shape index (κ1) is 17.4. The summed E-state index contributed by atoms with van der Waals surface area (Å²) >= 11 is 0. The number of carbonyl (C=O) groups excluding carboxylic acids is 1. The number of benzene rings is 1. The average molecular weight is 330 g/mol. The predicted octanol–water partition coefficient (Wildman–Crippen LogP) is 3.27.